The van der Waals surface area contributed by atoms with E-state index in [1.54, 1.807) is 44.3 Å². The van der Waals surface area contributed by atoms with Gasteiger partial charge in [0, 0.05) is 92.5 Å². The van der Waals surface area contributed by atoms with E-state index in [1.165, 1.54) is 28.4 Å². The molecular formula is C75H92N14O16S2. The molecule has 4 atom stereocenters. The second-order valence-corrected chi connectivity index (χ2v) is 32.6. The van der Waals surface area contributed by atoms with Crippen LogP contribution in [-0.4, -0.2) is 176 Å². The number of carboxylic acids is 1. The molecule has 3 aromatic heterocycles. The van der Waals surface area contributed by atoms with Crippen LogP contribution in [0, 0.1) is 29.1 Å². The number of nitrogens with zero attached hydrogens (tertiary/aromatic N) is 8. The lowest BCUT2D eigenvalue weighted by molar-refractivity contribution is -0.248. The van der Waals surface area contributed by atoms with Crippen LogP contribution in [0.5, 0.6) is 0 Å². The third kappa shape index (κ3) is 18.8. The number of hydrogen-bond acceptors (Lipinski definition) is 19. The summed E-state index contributed by atoms with van der Waals surface area (Å²) in [5.41, 5.74) is 15.4. The summed E-state index contributed by atoms with van der Waals surface area (Å²) in [6.07, 6.45) is 9.90. The topological polar surface area (TPSA) is 420 Å². The number of benzene rings is 3. The van der Waals surface area contributed by atoms with Crippen LogP contribution in [-0.2, 0) is 74.5 Å². The first-order chi connectivity index (χ1) is 50.8. The van der Waals surface area contributed by atoms with Crippen molar-refractivity contribution in [2.45, 2.75) is 155 Å². The van der Waals surface area contributed by atoms with Gasteiger partial charge in [-0.15, -0.1) is 0 Å². The van der Waals surface area contributed by atoms with E-state index in [4.69, 9.17) is 31.0 Å². The first-order valence-electron chi connectivity index (χ1n) is 36.0. The van der Waals surface area contributed by atoms with Crippen molar-refractivity contribution in [1.29, 1.82) is 0 Å². The van der Waals surface area contributed by atoms with Gasteiger partial charge in [-0.05, 0) is 159 Å². The molecule has 12 rings (SSSR count). The summed E-state index contributed by atoms with van der Waals surface area (Å²) in [6.45, 7) is 10.3. The highest BCUT2D eigenvalue weighted by atomic mass is 32.2. The number of unbranched alkanes of at least 4 members (excludes halogenated alkanes) is 2. The zero-order chi connectivity index (χ0) is 76.8. The minimum Gasteiger partial charge on any atom is -0.476 e. The van der Waals surface area contributed by atoms with Crippen LogP contribution in [0.4, 0.5) is 26.2 Å². The molecule has 0 saturated heterocycles. The van der Waals surface area contributed by atoms with E-state index < -0.39 is 106 Å². The first-order valence-corrected chi connectivity index (χ1v) is 38.4. The maximum absolute atomic E-state index is 14.8. The number of primary amides is 2. The number of aromatic carboxylic acids is 1. The van der Waals surface area contributed by atoms with Crippen molar-refractivity contribution in [2.24, 2.45) is 33.6 Å². The second kappa shape index (κ2) is 32.5. The number of anilines is 3. The van der Waals surface area contributed by atoms with E-state index in [1.807, 2.05) is 59.0 Å². The standard InChI is InChI=1S/C75H92N14O16S2/c1-46(2)63(83-59(90)18-7-6-10-28-78-60(91)37-87-61(92)25-26-62(87)93)67(96)89(56(65(76)94)16-12-29-79-69(77)99)50-21-19-48(20-22-50)38-104-71(100)85(32-34-107(101,102)103)31-33-105-75-42-72(4)39-73(5,43-75)41-74(40-72,44-75)45-88-47(3)53(35-80-88)51-23-24-58(82-64(51)68(97)98)86-30-27-49-13-11-14-52(54(49)36-86)66(95)84-70-81-55-15-8-9-17-57(55)106-70/h8-9,11,13-15,17,19-26,35,46,56,63H,6-7,10,12,16,18,27-34,36-45H2,1-5H3,(H2,76,94)(H,78,91)(H,83,90)(H,97,98)(H3,77,79,99)(H,81,84,95)(H,101,102,103)/t56-,63-,72?,73?,74?,75?/m0/s1. The molecule has 570 valence electrons. The van der Waals surface area contributed by atoms with Gasteiger partial charge >= 0.3 is 18.1 Å². The van der Waals surface area contributed by atoms with Gasteiger partial charge in [-0.25, -0.2) is 24.4 Å². The minimum atomic E-state index is -4.56. The van der Waals surface area contributed by atoms with E-state index in [9.17, 15) is 66.0 Å². The molecule has 2 aliphatic heterocycles. The van der Waals surface area contributed by atoms with Gasteiger partial charge in [0.15, 0.2) is 10.8 Å². The second-order valence-electron chi connectivity index (χ2n) is 30.0. The zero-order valence-electron chi connectivity index (χ0n) is 60.6. The van der Waals surface area contributed by atoms with E-state index in [0.717, 1.165) is 81.1 Å². The summed E-state index contributed by atoms with van der Waals surface area (Å²) in [4.78, 5) is 145. The van der Waals surface area contributed by atoms with Crippen LogP contribution in [0.2, 0.25) is 0 Å². The molecule has 6 aliphatic rings. The lowest BCUT2D eigenvalue weighted by Gasteiger charge is -2.69. The van der Waals surface area contributed by atoms with Crippen LogP contribution in [0.1, 0.15) is 148 Å². The number of thiazole rings is 1. The first kappa shape index (κ1) is 77.9. The number of amides is 10. The van der Waals surface area contributed by atoms with Crippen LogP contribution in [0.3, 0.4) is 0 Å². The van der Waals surface area contributed by atoms with Gasteiger partial charge in [-0.3, -0.25) is 57.9 Å². The van der Waals surface area contributed by atoms with E-state index in [-0.39, 0.29) is 85.6 Å². The number of rotatable bonds is 34. The van der Waals surface area contributed by atoms with Crippen LogP contribution < -0.4 is 42.5 Å². The van der Waals surface area contributed by atoms with Gasteiger partial charge in [-0.1, -0.05) is 81.9 Å². The number of carboxylic acid groups (broad SMARTS) is 1. The molecule has 32 heteroatoms. The molecule has 10 N–H and O–H groups in total. The van der Waals surface area contributed by atoms with Crippen molar-refractivity contribution in [1.82, 2.24) is 45.5 Å². The number of imide groups is 1. The largest absolute Gasteiger partial charge is 0.476 e. The molecule has 5 heterocycles. The summed E-state index contributed by atoms with van der Waals surface area (Å²) in [5, 5.41) is 27.1. The number of ether oxygens (including phenoxy) is 2. The monoisotopic (exact) mass is 1510 g/mol. The molecule has 107 heavy (non-hydrogen) atoms. The molecular weight excluding hydrogens is 1420 g/mol. The summed E-state index contributed by atoms with van der Waals surface area (Å²) in [5.74, 6) is -6.02. The van der Waals surface area contributed by atoms with Crippen molar-refractivity contribution in [3.8, 4) is 11.1 Å². The van der Waals surface area contributed by atoms with Gasteiger partial charge in [0.25, 0.3) is 33.7 Å². The fourth-order valence-corrected chi connectivity index (χ4v) is 18.5. The third-order valence-electron chi connectivity index (χ3n) is 20.9. The Morgan fingerprint density at radius 1 is 0.794 bits per heavy atom. The van der Waals surface area contributed by atoms with Crippen molar-refractivity contribution in [3.63, 3.8) is 0 Å². The Bertz CT molecular complexity index is 4510. The average Bonchev–Trinajstić information content (AvgIpc) is 0.871. The van der Waals surface area contributed by atoms with E-state index in [0.29, 0.717) is 84.9 Å². The third-order valence-corrected chi connectivity index (χ3v) is 22.5. The number of nitrogens with two attached hydrogens (primary N) is 2. The van der Waals surface area contributed by atoms with Crippen molar-refractivity contribution in [2.75, 3.05) is 66.7 Å². The average molecular weight is 1510 g/mol. The molecule has 10 amide bonds. The Kier molecular flexibility index (Phi) is 23.7. The predicted molar refractivity (Wildman–Crippen MR) is 397 cm³/mol. The number of pyridine rings is 1. The Morgan fingerprint density at radius 2 is 1.51 bits per heavy atom. The van der Waals surface area contributed by atoms with E-state index in [2.05, 4.69) is 40.1 Å². The lowest BCUT2D eigenvalue weighted by atomic mass is 9.39. The fraction of sp³-hybridized carbons (Fsp3) is 0.480. The van der Waals surface area contributed by atoms with Gasteiger partial charge in [0.2, 0.25) is 17.7 Å². The lowest BCUT2D eigenvalue weighted by Crippen LogP contribution is -2.64. The zero-order valence-corrected chi connectivity index (χ0v) is 62.2. The number of urea groups is 1. The number of nitrogens with one attached hydrogen (secondary N) is 4. The predicted octanol–water partition coefficient (Wildman–Crippen LogP) is 7.42. The number of aromatic nitrogens is 4. The van der Waals surface area contributed by atoms with Crippen molar-refractivity contribution >= 4 is 108 Å². The SMILES string of the molecule is Cc1c(-c2ccc(N3CCc4cccc(C(=O)Nc5nc6ccccc6s5)c4C3)nc2C(=O)O)cnn1CC12CC3(C)CC(C)(C1)CC(OCCN(CCS(=O)(=O)O)C(=O)OCc1ccc(N(C(=O)[C@@H](NC(=O)CCCCCNC(=O)CN4C(=O)C=CC4=O)C(C)C)[C@@H](CCCNC(N)=O)C(N)=O)cc1)(C3)C2. The normalized spacial score (nSPS) is 20.6. The van der Waals surface area contributed by atoms with Gasteiger partial charge in [0.1, 0.15) is 31.1 Å². The Morgan fingerprint density at radius 3 is 2.20 bits per heavy atom. The maximum Gasteiger partial charge on any atom is 0.410 e. The molecule has 4 saturated carbocycles. The molecule has 4 fully saturated rings. The Balaban J connectivity index is 0.726. The molecule has 6 aromatic rings. The summed E-state index contributed by atoms with van der Waals surface area (Å²) >= 11 is 1.39. The van der Waals surface area contributed by atoms with Crippen LogP contribution in [0.25, 0.3) is 21.3 Å². The molecule has 4 aliphatic carbocycles. The highest BCUT2D eigenvalue weighted by Crippen LogP contribution is 2.72. The molecule has 3 aromatic carbocycles. The maximum atomic E-state index is 14.8. The summed E-state index contributed by atoms with van der Waals surface area (Å²) in [6, 6.07) is 19.8. The molecule has 2 unspecified atom stereocenters. The number of carbonyl (C=O) groups is 10. The highest BCUT2D eigenvalue weighted by molar-refractivity contribution is 7.85. The smallest absolute Gasteiger partial charge is 0.410 e. The molecule has 0 radical (unpaired) electrons. The van der Waals surface area contributed by atoms with Crippen molar-refractivity contribution < 1.29 is 75.5 Å². The summed E-state index contributed by atoms with van der Waals surface area (Å²) in [7, 11) is -4.56. The summed E-state index contributed by atoms with van der Waals surface area (Å²) < 4.78 is 50.0. The number of hydrogen-bond donors (Lipinski definition) is 8. The fourth-order valence-electron chi connectivity index (χ4n) is 17.2. The van der Waals surface area contributed by atoms with Crippen LogP contribution >= 0.6 is 11.3 Å². The Hall–Kier alpha value is -10.2. The molecule has 4 bridgehead atoms. The number of carbonyl (C=O) groups excluding carboxylic acids is 9. The minimum absolute atomic E-state index is 0.00591. The van der Waals surface area contributed by atoms with Gasteiger partial charge in [0.05, 0.1) is 34.4 Å². The van der Waals surface area contributed by atoms with Gasteiger partial charge < -0.3 is 51.8 Å². The van der Waals surface area contributed by atoms with Crippen LogP contribution in [0.15, 0.2) is 97.2 Å². The molecule has 30 nitrogen and oxygen atoms in total. The van der Waals surface area contributed by atoms with Crippen molar-refractivity contribution in [3.05, 3.63) is 131 Å². The van der Waals surface area contributed by atoms with Gasteiger partial charge in [-0.2, -0.15) is 13.5 Å². The molecule has 0 spiro atoms. The quantitative estimate of drug-likeness (QED) is 0.0111. The highest BCUT2D eigenvalue weighted by Gasteiger charge is 2.66. The number of fused-ring (bicyclic) bond motifs is 2. The Labute approximate surface area is 623 Å². The number of para-hydroxylation sites is 1. The van der Waals surface area contributed by atoms with E-state index >= 15 is 0 Å².